The lowest BCUT2D eigenvalue weighted by atomic mass is 9.97. The molecule has 26 heavy (non-hydrogen) atoms. The second kappa shape index (κ2) is 9.13. The molecule has 2 rings (SSSR count). The molecule has 0 unspecified atom stereocenters. The molecule has 10 heteroatoms. The number of hydrogen-bond donors (Lipinski definition) is 3. The van der Waals surface area contributed by atoms with Gasteiger partial charge in [-0.1, -0.05) is 0 Å². The molecule has 1 amide bonds. The van der Waals surface area contributed by atoms with Gasteiger partial charge < -0.3 is 16.0 Å². The third-order valence-corrected chi connectivity index (χ3v) is 5.52. The summed E-state index contributed by atoms with van der Waals surface area (Å²) in [4.78, 5) is 20.9. The van der Waals surface area contributed by atoms with Gasteiger partial charge in [-0.25, -0.2) is 17.7 Å². The van der Waals surface area contributed by atoms with Crippen LogP contribution in [0.5, 0.6) is 0 Å². The number of piperidine rings is 1. The van der Waals surface area contributed by atoms with E-state index in [9.17, 15) is 13.2 Å². The molecule has 0 aromatic carbocycles. The highest BCUT2D eigenvalue weighted by Gasteiger charge is 2.28. The fourth-order valence-corrected chi connectivity index (χ4v) is 3.74. The molecule has 3 N–H and O–H groups in total. The van der Waals surface area contributed by atoms with Gasteiger partial charge in [0, 0.05) is 50.4 Å². The predicted molar refractivity (Wildman–Crippen MR) is 102 cm³/mol. The SMILES string of the molecule is CCNc1nc(C)cc(NCCNC(=O)C2CCN(S(C)(=O)=O)CC2)n1. The molecule has 2 heterocycles. The first-order valence-electron chi connectivity index (χ1n) is 8.86. The zero-order valence-corrected chi connectivity index (χ0v) is 16.4. The van der Waals surface area contributed by atoms with E-state index in [2.05, 4.69) is 25.9 Å². The number of carbonyl (C=O) groups excluding carboxylic acids is 1. The number of hydrogen-bond acceptors (Lipinski definition) is 7. The maximum Gasteiger partial charge on any atom is 0.224 e. The monoisotopic (exact) mass is 384 g/mol. The van der Waals surface area contributed by atoms with E-state index in [1.807, 2.05) is 19.9 Å². The van der Waals surface area contributed by atoms with Crippen molar-refractivity contribution < 1.29 is 13.2 Å². The molecule has 0 radical (unpaired) electrons. The van der Waals surface area contributed by atoms with Gasteiger partial charge in [0.2, 0.25) is 21.9 Å². The van der Waals surface area contributed by atoms with Gasteiger partial charge in [-0.3, -0.25) is 4.79 Å². The highest BCUT2D eigenvalue weighted by Crippen LogP contribution is 2.19. The highest BCUT2D eigenvalue weighted by atomic mass is 32.2. The third-order valence-electron chi connectivity index (χ3n) is 4.21. The van der Waals surface area contributed by atoms with Gasteiger partial charge in [-0.05, 0) is 26.7 Å². The topological polar surface area (TPSA) is 116 Å². The van der Waals surface area contributed by atoms with E-state index in [0.717, 1.165) is 12.2 Å². The average Bonchev–Trinajstić information content (AvgIpc) is 2.58. The van der Waals surface area contributed by atoms with E-state index in [1.165, 1.54) is 10.6 Å². The first-order chi connectivity index (χ1) is 12.3. The first-order valence-corrected chi connectivity index (χ1v) is 10.7. The van der Waals surface area contributed by atoms with Gasteiger partial charge >= 0.3 is 0 Å². The van der Waals surface area contributed by atoms with Gasteiger partial charge in [0.1, 0.15) is 5.82 Å². The number of nitrogens with one attached hydrogen (secondary N) is 3. The van der Waals surface area contributed by atoms with Crippen LogP contribution >= 0.6 is 0 Å². The largest absolute Gasteiger partial charge is 0.368 e. The lowest BCUT2D eigenvalue weighted by Gasteiger charge is -2.29. The summed E-state index contributed by atoms with van der Waals surface area (Å²) < 4.78 is 24.4. The number of amides is 1. The Balaban J connectivity index is 1.72. The fourth-order valence-electron chi connectivity index (χ4n) is 2.87. The molecule has 1 aliphatic heterocycles. The fraction of sp³-hybridized carbons (Fsp3) is 0.688. The van der Waals surface area contributed by atoms with E-state index in [-0.39, 0.29) is 11.8 Å². The maximum atomic E-state index is 12.2. The number of aryl methyl sites for hydroxylation is 1. The van der Waals surface area contributed by atoms with Crippen molar-refractivity contribution in [3.05, 3.63) is 11.8 Å². The van der Waals surface area contributed by atoms with Crippen LogP contribution in [-0.2, 0) is 14.8 Å². The molecule has 0 aliphatic carbocycles. The number of sulfonamides is 1. The summed E-state index contributed by atoms with van der Waals surface area (Å²) in [7, 11) is -3.16. The number of carbonyl (C=O) groups is 1. The average molecular weight is 385 g/mol. The van der Waals surface area contributed by atoms with E-state index >= 15 is 0 Å². The zero-order valence-electron chi connectivity index (χ0n) is 15.6. The van der Waals surface area contributed by atoms with Crippen LogP contribution < -0.4 is 16.0 Å². The third kappa shape index (κ3) is 6.10. The Morgan fingerprint density at radius 1 is 1.23 bits per heavy atom. The molecular formula is C16H28N6O3S. The standard InChI is InChI=1S/C16H28N6O3S/c1-4-17-16-20-12(2)11-14(21-16)18-7-8-19-15(23)13-5-9-22(10-6-13)26(3,24)25/h11,13H,4-10H2,1-3H3,(H,19,23)(H2,17,18,20,21). The summed E-state index contributed by atoms with van der Waals surface area (Å²) in [6.45, 7) is 6.47. The number of aromatic nitrogens is 2. The second-order valence-electron chi connectivity index (χ2n) is 6.40. The van der Waals surface area contributed by atoms with Crippen LogP contribution in [0.25, 0.3) is 0 Å². The normalized spacial score (nSPS) is 16.3. The summed E-state index contributed by atoms with van der Waals surface area (Å²) >= 11 is 0. The predicted octanol–water partition coefficient (Wildman–Crippen LogP) is 0.417. The van der Waals surface area contributed by atoms with Crippen molar-refractivity contribution in [2.45, 2.75) is 26.7 Å². The second-order valence-corrected chi connectivity index (χ2v) is 8.39. The van der Waals surface area contributed by atoms with E-state index in [1.54, 1.807) is 0 Å². The lowest BCUT2D eigenvalue weighted by molar-refractivity contribution is -0.126. The van der Waals surface area contributed by atoms with Gasteiger partial charge in [0.05, 0.1) is 6.26 Å². The molecule has 9 nitrogen and oxygen atoms in total. The van der Waals surface area contributed by atoms with Crippen LogP contribution in [0.4, 0.5) is 11.8 Å². The minimum Gasteiger partial charge on any atom is -0.368 e. The quantitative estimate of drug-likeness (QED) is 0.556. The Morgan fingerprint density at radius 3 is 2.54 bits per heavy atom. The van der Waals surface area contributed by atoms with Crippen molar-refractivity contribution in [3.8, 4) is 0 Å². The van der Waals surface area contributed by atoms with Crippen LogP contribution in [0, 0.1) is 12.8 Å². The minimum atomic E-state index is -3.16. The molecule has 1 aromatic rings. The Kier molecular flexibility index (Phi) is 7.15. The van der Waals surface area contributed by atoms with Crippen molar-refractivity contribution in [3.63, 3.8) is 0 Å². The molecule has 146 valence electrons. The van der Waals surface area contributed by atoms with E-state index in [0.29, 0.717) is 50.8 Å². The maximum absolute atomic E-state index is 12.2. The van der Waals surface area contributed by atoms with Gasteiger partial charge in [0.15, 0.2) is 0 Å². The Hall–Kier alpha value is -1.94. The summed E-state index contributed by atoms with van der Waals surface area (Å²) in [6, 6.07) is 1.85. The van der Waals surface area contributed by atoms with Crippen molar-refractivity contribution in [2.24, 2.45) is 5.92 Å². The summed E-state index contributed by atoms with van der Waals surface area (Å²) in [5.74, 6) is 1.14. The van der Waals surface area contributed by atoms with Crippen LogP contribution in [0.15, 0.2) is 6.07 Å². The van der Waals surface area contributed by atoms with Gasteiger partial charge in [-0.15, -0.1) is 0 Å². The summed E-state index contributed by atoms with van der Waals surface area (Å²) in [6.07, 6.45) is 2.32. The zero-order chi connectivity index (χ0) is 19.2. The molecule has 1 aliphatic rings. The van der Waals surface area contributed by atoms with Crippen LogP contribution in [0.2, 0.25) is 0 Å². The molecular weight excluding hydrogens is 356 g/mol. The Morgan fingerprint density at radius 2 is 1.92 bits per heavy atom. The van der Waals surface area contributed by atoms with Crippen LogP contribution in [-0.4, -0.2) is 67.6 Å². The molecule has 0 bridgehead atoms. The van der Waals surface area contributed by atoms with E-state index in [4.69, 9.17) is 0 Å². The smallest absolute Gasteiger partial charge is 0.224 e. The lowest BCUT2D eigenvalue weighted by Crippen LogP contribution is -2.43. The minimum absolute atomic E-state index is 0.0212. The van der Waals surface area contributed by atoms with Crippen molar-refractivity contribution in [1.29, 1.82) is 0 Å². The highest BCUT2D eigenvalue weighted by molar-refractivity contribution is 7.88. The Bertz CT molecular complexity index is 717. The van der Waals surface area contributed by atoms with Crippen LogP contribution in [0.1, 0.15) is 25.5 Å². The number of rotatable bonds is 8. The molecule has 1 aromatic heterocycles. The first kappa shape index (κ1) is 20.4. The molecule has 1 fully saturated rings. The van der Waals surface area contributed by atoms with Gasteiger partial charge in [0.25, 0.3) is 0 Å². The van der Waals surface area contributed by atoms with Crippen LogP contribution in [0.3, 0.4) is 0 Å². The van der Waals surface area contributed by atoms with Gasteiger partial charge in [-0.2, -0.15) is 4.98 Å². The number of anilines is 2. The Labute approximate surface area is 155 Å². The van der Waals surface area contributed by atoms with E-state index < -0.39 is 10.0 Å². The molecule has 1 saturated heterocycles. The summed E-state index contributed by atoms with van der Waals surface area (Å²) in [5.41, 5.74) is 0.861. The molecule has 0 spiro atoms. The molecule has 0 atom stereocenters. The van der Waals surface area contributed by atoms with Crippen molar-refractivity contribution in [2.75, 3.05) is 49.6 Å². The van der Waals surface area contributed by atoms with Crippen molar-refractivity contribution in [1.82, 2.24) is 19.6 Å². The number of nitrogens with zero attached hydrogens (tertiary/aromatic N) is 3. The van der Waals surface area contributed by atoms with Crippen molar-refractivity contribution >= 4 is 27.7 Å². The molecule has 0 saturated carbocycles. The summed E-state index contributed by atoms with van der Waals surface area (Å²) in [5, 5.41) is 9.15.